The molecule has 0 aromatic heterocycles. The van der Waals surface area contributed by atoms with Crippen LogP contribution >= 0.6 is 0 Å². The second-order valence-electron chi connectivity index (χ2n) is 3.02. The third kappa shape index (κ3) is 2.33. The Hall–Kier alpha value is -1.35. The largest absolute Gasteiger partial charge is 0.494 e. The van der Waals surface area contributed by atoms with Crippen LogP contribution in [0.15, 0.2) is 30.9 Å². The lowest BCUT2D eigenvalue weighted by Crippen LogP contribution is -2.09. The smallest absolute Gasteiger partial charge is 0.165 e. The predicted molar refractivity (Wildman–Crippen MR) is 54.7 cm³/mol. The van der Waals surface area contributed by atoms with Gasteiger partial charge in [-0.3, -0.25) is 0 Å². The lowest BCUT2D eigenvalue weighted by atomic mass is 10.0. The summed E-state index contributed by atoms with van der Waals surface area (Å²) in [6, 6.07) is 4.53. The van der Waals surface area contributed by atoms with Crippen molar-refractivity contribution in [1.29, 1.82) is 0 Å². The number of halogens is 1. The van der Waals surface area contributed by atoms with E-state index in [0.29, 0.717) is 6.42 Å². The van der Waals surface area contributed by atoms with Crippen LogP contribution in [0.1, 0.15) is 18.0 Å². The summed E-state index contributed by atoms with van der Waals surface area (Å²) in [5.74, 6) is -0.149. The van der Waals surface area contributed by atoms with Gasteiger partial charge in [-0.1, -0.05) is 12.1 Å². The van der Waals surface area contributed by atoms with E-state index in [-0.39, 0.29) is 17.6 Å². The van der Waals surface area contributed by atoms with Crippen LogP contribution in [0.25, 0.3) is 0 Å². The molecule has 1 aromatic carbocycles. The monoisotopic (exact) mass is 195 g/mol. The van der Waals surface area contributed by atoms with Crippen molar-refractivity contribution in [2.75, 3.05) is 7.11 Å². The zero-order valence-electron chi connectivity index (χ0n) is 8.16. The molecule has 0 aliphatic rings. The predicted octanol–water partition coefficient (Wildman–Crippen LogP) is 2.41. The van der Waals surface area contributed by atoms with Crippen molar-refractivity contribution in [3.63, 3.8) is 0 Å². The summed E-state index contributed by atoms with van der Waals surface area (Å²) >= 11 is 0. The van der Waals surface area contributed by atoms with E-state index in [1.54, 1.807) is 18.2 Å². The highest BCUT2D eigenvalue weighted by Crippen LogP contribution is 2.22. The lowest BCUT2D eigenvalue weighted by molar-refractivity contribution is 0.386. The van der Waals surface area contributed by atoms with Crippen LogP contribution < -0.4 is 10.5 Å². The van der Waals surface area contributed by atoms with Gasteiger partial charge in [0.25, 0.3) is 0 Å². The molecular weight excluding hydrogens is 181 g/mol. The molecule has 0 aliphatic heterocycles. The van der Waals surface area contributed by atoms with Gasteiger partial charge in [-0.15, -0.1) is 6.58 Å². The van der Waals surface area contributed by atoms with Gasteiger partial charge in [0.2, 0.25) is 0 Å². The van der Waals surface area contributed by atoms with Crippen LogP contribution in [0.2, 0.25) is 0 Å². The third-order valence-corrected chi connectivity index (χ3v) is 2.02. The highest BCUT2D eigenvalue weighted by atomic mass is 19.1. The number of hydrogen-bond donors (Lipinski definition) is 1. The summed E-state index contributed by atoms with van der Waals surface area (Å²) in [6.45, 7) is 3.58. The Bertz CT molecular complexity index is 325. The Labute approximate surface area is 83.2 Å². The summed E-state index contributed by atoms with van der Waals surface area (Å²) in [5, 5.41) is 0. The van der Waals surface area contributed by atoms with Crippen LogP contribution in [0.5, 0.6) is 5.75 Å². The molecule has 0 spiro atoms. The first kappa shape index (κ1) is 10.7. The first-order valence-corrected chi connectivity index (χ1v) is 4.39. The minimum Gasteiger partial charge on any atom is -0.494 e. The molecule has 0 radical (unpaired) electrons. The molecule has 76 valence electrons. The van der Waals surface area contributed by atoms with E-state index in [9.17, 15) is 4.39 Å². The summed E-state index contributed by atoms with van der Waals surface area (Å²) in [4.78, 5) is 0. The van der Waals surface area contributed by atoms with E-state index in [1.807, 2.05) is 0 Å². The Morgan fingerprint density at radius 3 is 2.86 bits per heavy atom. The Morgan fingerprint density at radius 2 is 2.36 bits per heavy atom. The fraction of sp³-hybridized carbons (Fsp3) is 0.273. The van der Waals surface area contributed by atoms with Gasteiger partial charge < -0.3 is 10.5 Å². The molecule has 0 saturated carbocycles. The highest BCUT2D eigenvalue weighted by molar-refractivity contribution is 5.31. The molecule has 1 rings (SSSR count). The maximum absolute atomic E-state index is 13.2. The average molecular weight is 195 g/mol. The minimum absolute atomic E-state index is 0.201. The van der Waals surface area contributed by atoms with Crippen molar-refractivity contribution in [2.45, 2.75) is 12.5 Å². The van der Waals surface area contributed by atoms with Crippen LogP contribution in [0.4, 0.5) is 4.39 Å². The minimum atomic E-state index is -0.385. The van der Waals surface area contributed by atoms with E-state index in [1.165, 1.54) is 13.2 Å². The molecule has 2 N–H and O–H groups in total. The molecule has 3 heteroatoms. The molecule has 0 fully saturated rings. The van der Waals surface area contributed by atoms with Gasteiger partial charge in [0, 0.05) is 6.04 Å². The van der Waals surface area contributed by atoms with Gasteiger partial charge in [0.15, 0.2) is 11.6 Å². The SMILES string of the molecule is C=CCC(N)c1ccc(OC)c(F)c1. The molecule has 0 bridgehead atoms. The van der Waals surface area contributed by atoms with Crippen molar-refractivity contribution in [2.24, 2.45) is 5.73 Å². The quantitative estimate of drug-likeness (QED) is 0.749. The molecule has 0 heterocycles. The normalized spacial score (nSPS) is 12.2. The molecule has 1 aromatic rings. The summed E-state index contributed by atoms with van der Waals surface area (Å²) in [5.41, 5.74) is 6.54. The zero-order chi connectivity index (χ0) is 10.6. The van der Waals surface area contributed by atoms with Gasteiger partial charge in [0.1, 0.15) is 0 Å². The van der Waals surface area contributed by atoms with E-state index in [0.717, 1.165) is 5.56 Å². The standard InChI is InChI=1S/C11H14FNO/c1-3-4-10(13)8-5-6-11(14-2)9(12)7-8/h3,5-7,10H,1,4,13H2,2H3. The number of benzene rings is 1. The van der Waals surface area contributed by atoms with E-state index in [2.05, 4.69) is 6.58 Å². The van der Waals surface area contributed by atoms with Crippen LogP contribution in [-0.4, -0.2) is 7.11 Å². The maximum Gasteiger partial charge on any atom is 0.165 e. The third-order valence-electron chi connectivity index (χ3n) is 2.02. The van der Waals surface area contributed by atoms with Gasteiger partial charge >= 0.3 is 0 Å². The number of ether oxygens (including phenoxy) is 1. The fourth-order valence-electron chi connectivity index (χ4n) is 1.23. The average Bonchev–Trinajstić information content (AvgIpc) is 2.18. The van der Waals surface area contributed by atoms with Crippen molar-refractivity contribution in [3.8, 4) is 5.75 Å². The molecule has 0 saturated heterocycles. The maximum atomic E-state index is 13.2. The molecule has 0 amide bonds. The van der Waals surface area contributed by atoms with Gasteiger partial charge in [-0.2, -0.15) is 0 Å². The summed E-state index contributed by atoms with van der Waals surface area (Å²) in [6.07, 6.45) is 2.35. The van der Waals surface area contributed by atoms with Crippen LogP contribution in [0, 0.1) is 5.82 Å². The molecule has 0 aliphatic carbocycles. The molecular formula is C11H14FNO. The van der Waals surface area contributed by atoms with Gasteiger partial charge in [-0.05, 0) is 24.1 Å². The van der Waals surface area contributed by atoms with Crippen molar-refractivity contribution >= 4 is 0 Å². The topological polar surface area (TPSA) is 35.2 Å². The Kier molecular flexibility index (Phi) is 3.65. The summed E-state index contributed by atoms with van der Waals surface area (Å²) < 4.78 is 18.0. The molecule has 1 unspecified atom stereocenters. The first-order valence-electron chi connectivity index (χ1n) is 4.39. The Balaban J connectivity index is 2.90. The second-order valence-corrected chi connectivity index (χ2v) is 3.02. The van der Waals surface area contributed by atoms with E-state index >= 15 is 0 Å². The zero-order valence-corrected chi connectivity index (χ0v) is 8.16. The van der Waals surface area contributed by atoms with E-state index in [4.69, 9.17) is 10.5 Å². The van der Waals surface area contributed by atoms with Crippen LogP contribution in [-0.2, 0) is 0 Å². The number of nitrogens with two attached hydrogens (primary N) is 1. The van der Waals surface area contributed by atoms with Crippen molar-refractivity contribution in [3.05, 3.63) is 42.2 Å². The fourth-order valence-corrected chi connectivity index (χ4v) is 1.23. The van der Waals surface area contributed by atoms with E-state index < -0.39 is 0 Å². The number of hydrogen-bond acceptors (Lipinski definition) is 2. The number of methoxy groups -OCH3 is 1. The van der Waals surface area contributed by atoms with Gasteiger partial charge in [0.05, 0.1) is 7.11 Å². The first-order chi connectivity index (χ1) is 6.69. The highest BCUT2D eigenvalue weighted by Gasteiger charge is 2.08. The summed E-state index contributed by atoms with van der Waals surface area (Å²) in [7, 11) is 1.43. The lowest BCUT2D eigenvalue weighted by Gasteiger charge is -2.10. The number of rotatable bonds is 4. The van der Waals surface area contributed by atoms with Gasteiger partial charge in [-0.25, -0.2) is 4.39 Å². The van der Waals surface area contributed by atoms with Crippen molar-refractivity contribution in [1.82, 2.24) is 0 Å². The molecule has 2 nitrogen and oxygen atoms in total. The molecule has 1 atom stereocenters. The van der Waals surface area contributed by atoms with Crippen molar-refractivity contribution < 1.29 is 9.13 Å². The molecule has 14 heavy (non-hydrogen) atoms. The van der Waals surface area contributed by atoms with Crippen LogP contribution in [0.3, 0.4) is 0 Å². The second kappa shape index (κ2) is 4.77. The Morgan fingerprint density at radius 1 is 1.64 bits per heavy atom.